The van der Waals surface area contributed by atoms with Gasteiger partial charge in [0, 0.05) is 12.1 Å². The minimum atomic E-state index is -1.23. The van der Waals surface area contributed by atoms with Gasteiger partial charge in [0.2, 0.25) is 5.75 Å². The van der Waals surface area contributed by atoms with Crippen LogP contribution in [0.15, 0.2) is 36.4 Å². The van der Waals surface area contributed by atoms with Crippen LogP contribution in [0.2, 0.25) is 10.0 Å². The molecule has 0 bridgehead atoms. The molecule has 1 N–H and O–H groups in total. The molecule has 108 valence electrons. The molecular weight excluding hydrogens is 321 g/mol. The molecule has 2 rings (SSSR count). The standard InChI is InChI=1S/C13H7Cl2NO5/c14-8-2-1-3-10(12(8)15)21-11-6-7(13(17)18)4-5-9(11)16(19)20/h1-6H,(H,17,18). The largest absolute Gasteiger partial charge is 0.478 e. The summed E-state index contributed by atoms with van der Waals surface area (Å²) in [5.74, 6) is -1.37. The van der Waals surface area contributed by atoms with E-state index in [2.05, 4.69) is 0 Å². The van der Waals surface area contributed by atoms with Crippen molar-refractivity contribution in [1.29, 1.82) is 0 Å². The summed E-state index contributed by atoms with van der Waals surface area (Å²) in [6, 6.07) is 7.77. The molecule has 2 aromatic carbocycles. The van der Waals surface area contributed by atoms with Crippen LogP contribution < -0.4 is 4.74 Å². The number of carboxylic acids is 1. The van der Waals surface area contributed by atoms with Gasteiger partial charge in [0.15, 0.2) is 0 Å². The van der Waals surface area contributed by atoms with Gasteiger partial charge in [-0.05, 0) is 18.2 Å². The lowest BCUT2D eigenvalue weighted by Crippen LogP contribution is -2.00. The summed E-state index contributed by atoms with van der Waals surface area (Å²) in [7, 11) is 0. The molecule has 0 aliphatic carbocycles. The molecule has 0 heterocycles. The maximum Gasteiger partial charge on any atom is 0.335 e. The third-order valence-electron chi connectivity index (χ3n) is 2.54. The highest BCUT2D eigenvalue weighted by atomic mass is 35.5. The maximum atomic E-state index is 11.0. The van der Waals surface area contributed by atoms with Crippen LogP contribution >= 0.6 is 23.2 Å². The first-order valence-electron chi connectivity index (χ1n) is 5.53. The first-order chi connectivity index (χ1) is 9.90. The minimum absolute atomic E-state index is 0.0780. The molecule has 0 aromatic heterocycles. The first-order valence-corrected chi connectivity index (χ1v) is 6.29. The van der Waals surface area contributed by atoms with Crippen molar-refractivity contribution >= 4 is 34.9 Å². The second kappa shape index (κ2) is 5.99. The molecule has 0 atom stereocenters. The molecule has 0 fully saturated rings. The van der Waals surface area contributed by atoms with Gasteiger partial charge in [0.1, 0.15) is 10.8 Å². The van der Waals surface area contributed by atoms with Crippen molar-refractivity contribution in [2.24, 2.45) is 0 Å². The molecule has 6 nitrogen and oxygen atoms in total. The van der Waals surface area contributed by atoms with Crippen LogP contribution in [0.1, 0.15) is 10.4 Å². The van der Waals surface area contributed by atoms with Gasteiger partial charge in [-0.1, -0.05) is 29.3 Å². The SMILES string of the molecule is O=C(O)c1ccc([N+](=O)[O-])c(Oc2cccc(Cl)c2Cl)c1. The average molecular weight is 328 g/mol. The first kappa shape index (κ1) is 15.1. The van der Waals surface area contributed by atoms with Gasteiger partial charge in [0.05, 0.1) is 15.5 Å². The number of aromatic carboxylic acids is 1. The molecule has 0 aliphatic heterocycles. The summed E-state index contributed by atoms with van der Waals surface area (Å²) >= 11 is 11.8. The van der Waals surface area contributed by atoms with E-state index in [1.54, 1.807) is 6.07 Å². The summed E-state index contributed by atoms with van der Waals surface area (Å²) in [5.41, 5.74) is -0.523. The number of benzene rings is 2. The lowest BCUT2D eigenvalue weighted by molar-refractivity contribution is -0.385. The van der Waals surface area contributed by atoms with E-state index in [-0.39, 0.29) is 32.8 Å². The third-order valence-corrected chi connectivity index (χ3v) is 3.34. The van der Waals surface area contributed by atoms with Crippen LogP contribution in [0.4, 0.5) is 5.69 Å². The van der Waals surface area contributed by atoms with Gasteiger partial charge in [-0.3, -0.25) is 10.1 Å². The monoisotopic (exact) mass is 327 g/mol. The van der Waals surface area contributed by atoms with E-state index < -0.39 is 10.9 Å². The molecule has 21 heavy (non-hydrogen) atoms. The summed E-state index contributed by atoms with van der Waals surface area (Å²) in [5, 5.41) is 20.2. The van der Waals surface area contributed by atoms with E-state index in [1.165, 1.54) is 12.1 Å². The van der Waals surface area contributed by atoms with Gasteiger partial charge in [-0.15, -0.1) is 0 Å². The molecule has 0 amide bonds. The van der Waals surface area contributed by atoms with Gasteiger partial charge in [-0.25, -0.2) is 4.79 Å². The smallest absolute Gasteiger partial charge is 0.335 e. The second-order valence-electron chi connectivity index (χ2n) is 3.90. The molecule has 0 unspecified atom stereocenters. The second-order valence-corrected chi connectivity index (χ2v) is 4.68. The van der Waals surface area contributed by atoms with Gasteiger partial charge in [-0.2, -0.15) is 0 Å². The Morgan fingerprint density at radius 3 is 2.52 bits per heavy atom. The fourth-order valence-electron chi connectivity index (χ4n) is 1.56. The number of hydrogen-bond acceptors (Lipinski definition) is 4. The van der Waals surface area contributed by atoms with Crippen molar-refractivity contribution in [3.05, 3.63) is 62.1 Å². The van der Waals surface area contributed by atoms with E-state index in [0.29, 0.717) is 0 Å². The summed E-state index contributed by atoms with van der Waals surface area (Å²) in [4.78, 5) is 21.2. The van der Waals surface area contributed by atoms with E-state index in [4.69, 9.17) is 33.0 Å². The van der Waals surface area contributed by atoms with Crippen molar-refractivity contribution in [3.63, 3.8) is 0 Å². The number of nitrogens with zero attached hydrogens (tertiary/aromatic N) is 1. The molecule has 0 radical (unpaired) electrons. The molecule has 0 spiro atoms. The zero-order valence-electron chi connectivity index (χ0n) is 10.2. The van der Waals surface area contributed by atoms with Crippen molar-refractivity contribution < 1.29 is 19.6 Å². The molecule has 8 heteroatoms. The summed E-state index contributed by atoms with van der Waals surface area (Å²) in [6.45, 7) is 0. The topological polar surface area (TPSA) is 89.7 Å². The highest BCUT2D eigenvalue weighted by Gasteiger charge is 2.19. The summed E-state index contributed by atoms with van der Waals surface area (Å²) in [6.07, 6.45) is 0. The number of halogens is 2. The van der Waals surface area contributed by atoms with Crippen molar-refractivity contribution in [3.8, 4) is 11.5 Å². The van der Waals surface area contributed by atoms with Crippen LogP contribution in [-0.4, -0.2) is 16.0 Å². The highest BCUT2D eigenvalue weighted by Crippen LogP contribution is 2.38. The predicted molar refractivity (Wildman–Crippen MR) is 76.6 cm³/mol. The van der Waals surface area contributed by atoms with E-state index in [9.17, 15) is 14.9 Å². The van der Waals surface area contributed by atoms with Crippen LogP contribution in [0, 0.1) is 10.1 Å². The predicted octanol–water partition coefficient (Wildman–Crippen LogP) is 4.39. The Hall–Kier alpha value is -2.31. The van der Waals surface area contributed by atoms with E-state index in [1.807, 2.05) is 0 Å². The molecule has 0 aliphatic rings. The molecular formula is C13H7Cl2NO5. The fourth-order valence-corrected chi connectivity index (χ4v) is 1.89. The normalized spacial score (nSPS) is 10.2. The summed E-state index contributed by atoms with van der Waals surface area (Å²) < 4.78 is 5.35. The van der Waals surface area contributed by atoms with Crippen LogP contribution in [0.25, 0.3) is 0 Å². The highest BCUT2D eigenvalue weighted by molar-refractivity contribution is 6.42. The van der Waals surface area contributed by atoms with Crippen LogP contribution in [0.5, 0.6) is 11.5 Å². The Balaban J connectivity index is 2.51. The zero-order valence-corrected chi connectivity index (χ0v) is 11.8. The van der Waals surface area contributed by atoms with Crippen molar-refractivity contribution in [2.75, 3.05) is 0 Å². The van der Waals surface area contributed by atoms with Gasteiger partial charge in [0.25, 0.3) is 0 Å². The number of rotatable bonds is 4. The Morgan fingerprint density at radius 2 is 1.90 bits per heavy atom. The Kier molecular flexibility index (Phi) is 4.30. The number of nitro groups is 1. The van der Waals surface area contributed by atoms with Crippen LogP contribution in [-0.2, 0) is 0 Å². The Bertz CT molecular complexity index is 732. The zero-order chi connectivity index (χ0) is 15.6. The van der Waals surface area contributed by atoms with E-state index in [0.717, 1.165) is 18.2 Å². The molecule has 2 aromatic rings. The Morgan fingerprint density at radius 1 is 1.19 bits per heavy atom. The van der Waals surface area contributed by atoms with E-state index >= 15 is 0 Å². The van der Waals surface area contributed by atoms with Crippen molar-refractivity contribution in [1.82, 2.24) is 0 Å². The fraction of sp³-hybridized carbons (Fsp3) is 0. The lowest BCUT2D eigenvalue weighted by Gasteiger charge is -2.09. The average Bonchev–Trinajstić information content (AvgIpc) is 2.43. The quantitative estimate of drug-likeness (QED) is 0.664. The van der Waals surface area contributed by atoms with Gasteiger partial charge < -0.3 is 9.84 Å². The molecule has 0 saturated heterocycles. The number of ether oxygens (including phenoxy) is 1. The van der Waals surface area contributed by atoms with Crippen molar-refractivity contribution in [2.45, 2.75) is 0 Å². The third kappa shape index (κ3) is 3.24. The number of carboxylic acid groups (broad SMARTS) is 1. The minimum Gasteiger partial charge on any atom is -0.478 e. The number of hydrogen-bond donors (Lipinski definition) is 1. The van der Waals surface area contributed by atoms with Crippen LogP contribution in [0.3, 0.4) is 0 Å². The lowest BCUT2D eigenvalue weighted by atomic mass is 10.2. The number of carbonyl (C=O) groups is 1. The maximum absolute atomic E-state index is 11.0. The molecule has 0 saturated carbocycles. The number of nitro benzene ring substituents is 1. The van der Waals surface area contributed by atoms with Gasteiger partial charge >= 0.3 is 11.7 Å². The Labute approximate surface area is 128 Å².